The topological polar surface area (TPSA) is 32.5 Å². The van der Waals surface area contributed by atoms with E-state index in [1.165, 1.54) is 11.3 Å². The summed E-state index contributed by atoms with van der Waals surface area (Å²) in [5, 5.41) is 0. The molecule has 16 heavy (non-hydrogen) atoms. The summed E-state index contributed by atoms with van der Waals surface area (Å²) in [5.74, 6) is 0. The van der Waals surface area contributed by atoms with E-state index in [0.29, 0.717) is 6.54 Å². The number of hydrogen-bond donors (Lipinski definition) is 1. The summed E-state index contributed by atoms with van der Waals surface area (Å²) in [5.41, 5.74) is 8.29. The molecule has 3 nitrogen and oxygen atoms in total. The Labute approximate surface area is 105 Å². The smallest absolute Gasteiger partial charge is 0.0423 e. The van der Waals surface area contributed by atoms with Gasteiger partial charge in [-0.25, -0.2) is 0 Å². The lowest BCUT2D eigenvalue weighted by Crippen LogP contribution is -2.44. The second-order valence-electron chi connectivity index (χ2n) is 4.27. The molecular formula is C12H18BrN3. The van der Waals surface area contributed by atoms with Crippen molar-refractivity contribution in [2.75, 3.05) is 38.1 Å². The van der Waals surface area contributed by atoms with Crippen LogP contribution in [0.25, 0.3) is 0 Å². The molecule has 0 bridgehead atoms. The zero-order valence-corrected chi connectivity index (χ0v) is 11.2. The van der Waals surface area contributed by atoms with Crippen molar-refractivity contribution in [3.8, 4) is 0 Å². The highest BCUT2D eigenvalue weighted by molar-refractivity contribution is 9.10. The van der Waals surface area contributed by atoms with E-state index in [9.17, 15) is 0 Å². The van der Waals surface area contributed by atoms with Crippen LogP contribution < -0.4 is 10.6 Å². The predicted molar refractivity (Wildman–Crippen MR) is 71.7 cm³/mol. The lowest BCUT2D eigenvalue weighted by molar-refractivity contribution is 0.312. The van der Waals surface area contributed by atoms with Gasteiger partial charge in [-0.05, 0) is 24.7 Å². The lowest BCUT2D eigenvalue weighted by atomic mass is 10.1. The van der Waals surface area contributed by atoms with Crippen LogP contribution in [0.5, 0.6) is 0 Å². The molecule has 4 heteroatoms. The van der Waals surface area contributed by atoms with E-state index in [1.807, 2.05) is 0 Å². The molecule has 1 aromatic carbocycles. The molecule has 1 aromatic rings. The van der Waals surface area contributed by atoms with Gasteiger partial charge in [-0.15, -0.1) is 0 Å². The summed E-state index contributed by atoms with van der Waals surface area (Å²) in [6, 6.07) is 6.34. The second kappa shape index (κ2) is 5.17. The Morgan fingerprint density at radius 1 is 1.25 bits per heavy atom. The molecule has 0 radical (unpaired) electrons. The summed E-state index contributed by atoms with van der Waals surface area (Å²) in [4.78, 5) is 4.78. The number of hydrogen-bond acceptors (Lipinski definition) is 3. The quantitative estimate of drug-likeness (QED) is 0.896. The number of nitrogens with two attached hydrogens (primary N) is 1. The Morgan fingerprint density at radius 2 is 1.94 bits per heavy atom. The van der Waals surface area contributed by atoms with E-state index in [0.717, 1.165) is 30.7 Å². The molecule has 1 aliphatic rings. The molecule has 0 atom stereocenters. The zero-order chi connectivity index (χ0) is 11.5. The molecule has 1 heterocycles. The molecule has 0 aliphatic carbocycles. The van der Waals surface area contributed by atoms with Crippen molar-refractivity contribution < 1.29 is 0 Å². The van der Waals surface area contributed by atoms with Crippen LogP contribution in [-0.4, -0.2) is 38.1 Å². The Bertz CT molecular complexity index is 359. The maximum Gasteiger partial charge on any atom is 0.0423 e. The van der Waals surface area contributed by atoms with E-state index in [-0.39, 0.29) is 0 Å². The maximum absolute atomic E-state index is 5.78. The molecule has 0 saturated carbocycles. The van der Waals surface area contributed by atoms with Crippen LogP contribution in [0.15, 0.2) is 22.7 Å². The average molecular weight is 284 g/mol. The van der Waals surface area contributed by atoms with Gasteiger partial charge in [0.15, 0.2) is 0 Å². The number of anilines is 1. The van der Waals surface area contributed by atoms with E-state index < -0.39 is 0 Å². The van der Waals surface area contributed by atoms with Crippen molar-refractivity contribution in [1.29, 1.82) is 0 Å². The van der Waals surface area contributed by atoms with Crippen molar-refractivity contribution in [3.63, 3.8) is 0 Å². The van der Waals surface area contributed by atoms with Crippen LogP contribution in [-0.2, 0) is 6.54 Å². The average Bonchev–Trinajstić information content (AvgIpc) is 2.30. The third-order valence-electron chi connectivity index (χ3n) is 3.11. The molecule has 2 N–H and O–H groups in total. The van der Waals surface area contributed by atoms with Crippen molar-refractivity contribution in [2.24, 2.45) is 5.73 Å². The summed E-state index contributed by atoms with van der Waals surface area (Å²) in [7, 11) is 2.17. The van der Waals surface area contributed by atoms with Gasteiger partial charge in [-0.2, -0.15) is 0 Å². The minimum absolute atomic E-state index is 0.606. The van der Waals surface area contributed by atoms with Crippen LogP contribution in [0.1, 0.15) is 5.56 Å². The standard InChI is InChI=1S/C12H18BrN3/c1-15-4-6-16(7-5-15)12-8-11(13)3-2-10(12)9-14/h2-3,8H,4-7,9,14H2,1H3. The molecule has 0 aromatic heterocycles. The molecule has 1 saturated heterocycles. The number of rotatable bonds is 2. The first-order valence-corrected chi connectivity index (χ1v) is 6.42. The predicted octanol–water partition coefficient (Wildman–Crippen LogP) is 1.66. The highest BCUT2D eigenvalue weighted by Gasteiger charge is 2.16. The fraction of sp³-hybridized carbons (Fsp3) is 0.500. The van der Waals surface area contributed by atoms with E-state index in [4.69, 9.17) is 5.73 Å². The van der Waals surface area contributed by atoms with Gasteiger partial charge in [0.1, 0.15) is 0 Å². The first kappa shape index (κ1) is 11.9. The highest BCUT2D eigenvalue weighted by Crippen LogP contribution is 2.25. The van der Waals surface area contributed by atoms with Gasteiger partial charge in [0.05, 0.1) is 0 Å². The number of likely N-dealkylation sites (N-methyl/N-ethyl adjacent to an activating group) is 1. The van der Waals surface area contributed by atoms with E-state index in [1.54, 1.807) is 0 Å². The fourth-order valence-electron chi connectivity index (χ4n) is 2.05. The Balaban J connectivity index is 2.21. The second-order valence-corrected chi connectivity index (χ2v) is 5.18. The van der Waals surface area contributed by atoms with Gasteiger partial charge in [0.25, 0.3) is 0 Å². The van der Waals surface area contributed by atoms with Gasteiger partial charge < -0.3 is 15.5 Å². The van der Waals surface area contributed by atoms with Crippen molar-refractivity contribution >= 4 is 21.6 Å². The van der Waals surface area contributed by atoms with E-state index >= 15 is 0 Å². The fourth-order valence-corrected chi connectivity index (χ4v) is 2.40. The van der Waals surface area contributed by atoms with Gasteiger partial charge in [0.2, 0.25) is 0 Å². The molecule has 2 rings (SSSR count). The largest absolute Gasteiger partial charge is 0.369 e. The number of nitrogens with zero attached hydrogens (tertiary/aromatic N) is 2. The van der Waals surface area contributed by atoms with Gasteiger partial charge in [-0.3, -0.25) is 0 Å². The Hall–Kier alpha value is -0.580. The molecular weight excluding hydrogens is 266 g/mol. The van der Waals surface area contributed by atoms with Crippen molar-refractivity contribution in [1.82, 2.24) is 4.90 Å². The SMILES string of the molecule is CN1CCN(c2cc(Br)ccc2CN)CC1. The van der Waals surface area contributed by atoms with Crippen LogP contribution >= 0.6 is 15.9 Å². The molecule has 1 fully saturated rings. The van der Waals surface area contributed by atoms with Crippen LogP contribution in [0.3, 0.4) is 0 Å². The Kier molecular flexibility index (Phi) is 3.84. The maximum atomic E-state index is 5.78. The lowest BCUT2D eigenvalue weighted by Gasteiger charge is -2.35. The zero-order valence-electron chi connectivity index (χ0n) is 9.62. The van der Waals surface area contributed by atoms with Crippen LogP contribution in [0, 0.1) is 0 Å². The van der Waals surface area contributed by atoms with Gasteiger partial charge in [-0.1, -0.05) is 22.0 Å². The third kappa shape index (κ3) is 2.56. The van der Waals surface area contributed by atoms with Crippen LogP contribution in [0.4, 0.5) is 5.69 Å². The molecule has 0 spiro atoms. The summed E-state index contributed by atoms with van der Waals surface area (Å²) >= 11 is 3.53. The molecule has 88 valence electrons. The Morgan fingerprint density at radius 3 is 2.56 bits per heavy atom. The van der Waals surface area contributed by atoms with E-state index in [2.05, 4.69) is 51.0 Å². The van der Waals surface area contributed by atoms with Gasteiger partial charge in [0, 0.05) is 42.9 Å². The third-order valence-corrected chi connectivity index (χ3v) is 3.60. The summed E-state index contributed by atoms with van der Waals surface area (Å²) < 4.78 is 1.12. The van der Waals surface area contributed by atoms with Crippen LogP contribution in [0.2, 0.25) is 0 Å². The number of halogens is 1. The first-order chi connectivity index (χ1) is 7.70. The highest BCUT2D eigenvalue weighted by atomic mass is 79.9. The van der Waals surface area contributed by atoms with Crippen molar-refractivity contribution in [3.05, 3.63) is 28.2 Å². The normalized spacial score (nSPS) is 17.8. The monoisotopic (exact) mass is 283 g/mol. The minimum atomic E-state index is 0.606. The first-order valence-electron chi connectivity index (χ1n) is 5.62. The van der Waals surface area contributed by atoms with Gasteiger partial charge >= 0.3 is 0 Å². The molecule has 1 aliphatic heterocycles. The molecule has 0 unspecified atom stereocenters. The van der Waals surface area contributed by atoms with Crippen molar-refractivity contribution in [2.45, 2.75) is 6.54 Å². The minimum Gasteiger partial charge on any atom is -0.369 e. The summed E-state index contributed by atoms with van der Waals surface area (Å²) in [6.07, 6.45) is 0. The molecule has 0 amide bonds. The number of benzene rings is 1. The number of piperazine rings is 1. The summed E-state index contributed by atoms with van der Waals surface area (Å²) in [6.45, 7) is 5.02.